The first kappa shape index (κ1) is 14.9. The molecule has 0 fully saturated rings. The van der Waals surface area contributed by atoms with Crippen molar-refractivity contribution in [3.05, 3.63) is 0 Å². The van der Waals surface area contributed by atoms with E-state index in [4.69, 9.17) is 16.2 Å². The van der Waals surface area contributed by atoms with Gasteiger partial charge in [-0.25, -0.2) is 0 Å². The summed E-state index contributed by atoms with van der Waals surface area (Å²) in [4.78, 5) is 20.9. The van der Waals surface area contributed by atoms with Crippen molar-refractivity contribution in [3.8, 4) is 0 Å². The van der Waals surface area contributed by atoms with Gasteiger partial charge in [0.2, 0.25) is 5.91 Å². The highest BCUT2D eigenvalue weighted by molar-refractivity contribution is 8.93. The van der Waals surface area contributed by atoms with Gasteiger partial charge in [-0.15, -0.1) is 17.0 Å². The molecule has 1 amide bonds. The normalized spacial score (nSPS) is 8.69. The fraction of sp³-hybridized carbons (Fsp3) is 0.714. The molecule has 0 unspecified atom stereocenters. The van der Waals surface area contributed by atoms with Gasteiger partial charge in [0.1, 0.15) is 0 Å². The SMILES string of the molecule is Br.NCCC(=O)OCCCC(N)=O. The van der Waals surface area contributed by atoms with Gasteiger partial charge in [0.05, 0.1) is 13.0 Å². The first-order chi connectivity index (χ1) is 5.66. The lowest BCUT2D eigenvalue weighted by molar-refractivity contribution is -0.143. The molecule has 4 N–H and O–H groups in total. The molecular formula is C7H15BrN2O3. The smallest absolute Gasteiger partial charge is 0.307 e. The number of esters is 1. The lowest BCUT2D eigenvalue weighted by atomic mass is 10.3. The summed E-state index contributed by atoms with van der Waals surface area (Å²) in [5.74, 6) is -0.716. The number of halogens is 1. The summed E-state index contributed by atoms with van der Waals surface area (Å²) in [5.41, 5.74) is 9.98. The number of rotatable bonds is 6. The van der Waals surface area contributed by atoms with Crippen molar-refractivity contribution in [1.82, 2.24) is 0 Å². The minimum atomic E-state index is -0.384. The van der Waals surface area contributed by atoms with Crippen molar-refractivity contribution in [2.75, 3.05) is 13.2 Å². The molecular weight excluding hydrogens is 240 g/mol. The molecule has 0 atom stereocenters. The van der Waals surface area contributed by atoms with E-state index < -0.39 is 0 Å². The van der Waals surface area contributed by atoms with E-state index in [0.29, 0.717) is 6.42 Å². The first-order valence-electron chi connectivity index (χ1n) is 3.81. The van der Waals surface area contributed by atoms with E-state index >= 15 is 0 Å². The maximum atomic E-state index is 10.7. The quantitative estimate of drug-likeness (QED) is 0.504. The molecule has 0 bridgehead atoms. The van der Waals surface area contributed by atoms with Gasteiger partial charge < -0.3 is 16.2 Å². The van der Waals surface area contributed by atoms with Crippen molar-refractivity contribution in [2.24, 2.45) is 11.5 Å². The Hall–Kier alpha value is -0.620. The highest BCUT2D eigenvalue weighted by atomic mass is 79.9. The molecule has 0 aliphatic heterocycles. The highest BCUT2D eigenvalue weighted by Gasteiger charge is 2.00. The van der Waals surface area contributed by atoms with Crippen molar-refractivity contribution >= 4 is 28.9 Å². The second kappa shape index (κ2) is 9.47. The van der Waals surface area contributed by atoms with E-state index in [2.05, 4.69) is 0 Å². The van der Waals surface area contributed by atoms with Crippen LogP contribution in [0.1, 0.15) is 19.3 Å². The molecule has 6 heteroatoms. The predicted molar refractivity (Wildman–Crippen MR) is 53.4 cm³/mol. The zero-order valence-electron chi connectivity index (χ0n) is 7.32. The van der Waals surface area contributed by atoms with Crippen LogP contribution in [-0.4, -0.2) is 25.0 Å². The molecule has 0 aliphatic rings. The molecule has 0 aromatic rings. The molecule has 0 aromatic carbocycles. The molecule has 78 valence electrons. The third-order valence-electron chi connectivity index (χ3n) is 1.18. The summed E-state index contributed by atoms with van der Waals surface area (Å²) in [6, 6.07) is 0. The number of carbonyl (C=O) groups is 2. The predicted octanol–water partition coefficient (Wildman–Crippen LogP) is -0.278. The zero-order chi connectivity index (χ0) is 9.40. The number of hydrogen-bond donors (Lipinski definition) is 2. The number of amides is 1. The van der Waals surface area contributed by atoms with Gasteiger partial charge in [-0.3, -0.25) is 9.59 Å². The maximum Gasteiger partial charge on any atom is 0.307 e. The van der Waals surface area contributed by atoms with Crippen molar-refractivity contribution in [1.29, 1.82) is 0 Å². The summed E-state index contributed by atoms with van der Waals surface area (Å²) in [7, 11) is 0. The minimum absolute atomic E-state index is 0. The Bertz CT molecular complexity index is 164. The van der Waals surface area contributed by atoms with Gasteiger partial charge in [-0.05, 0) is 6.42 Å². The highest BCUT2D eigenvalue weighted by Crippen LogP contribution is 1.91. The summed E-state index contributed by atoms with van der Waals surface area (Å²) >= 11 is 0. The van der Waals surface area contributed by atoms with E-state index in [1.54, 1.807) is 0 Å². The van der Waals surface area contributed by atoms with Gasteiger partial charge in [-0.1, -0.05) is 0 Å². The second-order valence-corrected chi connectivity index (χ2v) is 2.33. The van der Waals surface area contributed by atoms with Crippen molar-refractivity contribution in [3.63, 3.8) is 0 Å². The molecule has 0 aromatic heterocycles. The van der Waals surface area contributed by atoms with E-state index in [0.717, 1.165) is 0 Å². The largest absolute Gasteiger partial charge is 0.466 e. The van der Waals surface area contributed by atoms with Crippen LogP contribution in [0.15, 0.2) is 0 Å². The van der Waals surface area contributed by atoms with E-state index in [1.807, 2.05) is 0 Å². The molecule has 13 heavy (non-hydrogen) atoms. The summed E-state index contributed by atoms with van der Waals surface area (Å²) in [5, 5.41) is 0. The minimum Gasteiger partial charge on any atom is -0.466 e. The van der Waals surface area contributed by atoms with Crippen LogP contribution in [0.25, 0.3) is 0 Å². The van der Waals surface area contributed by atoms with Crippen LogP contribution in [0.5, 0.6) is 0 Å². The van der Waals surface area contributed by atoms with E-state index in [1.165, 1.54) is 0 Å². The summed E-state index contributed by atoms with van der Waals surface area (Å²) in [6.45, 7) is 0.524. The van der Waals surface area contributed by atoms with Crippen LogP contribution in [0.2, 0.25) is 0 Å². The molecule has 0 aliphatic carbocycles. The number of carbonyl (C=O) groups excluding carboxylic acids is 2. The molecule has 0 heterocycles. The Morgan fingerprint density at radius 1 is 1.23 bits per heavy atom. The van der Waals surface area contributed by atoms with Crippen LogP contribution in [0.4, 0.5) is 0 Å². The van der Waals surface area contributed by atoms with E-state index in [-0.39, 0.29) is 54.9 Å². The summed E-state index contributed by atoms with van der Waals surface area (Å²) in [6.07, 6.45) is 0.943. The average Bonchev–Trinajstić information content (AvgIpc) is 1.98. The molecule has 0 saturated carbocycles. The Kier molecular flexibility index (Phi) is 10.8. The summed E-state index contributed by atoms with van der Waals surface area (Å²) < 4.78 is 4.71. The Morgan fingerprint density at radius 3 is 2.31 bits per heavy atom. The van der Waals surface area contributed by atoms with Gasteiger partial charge >= 0.3 is 5.97 Å². The molecule has 0 spiro atoms. The van der Waals surface area contributed by atoms with Crippen molar-refractivity contribution < 1.29 is 14.3 Å². The fourth-order valence-electron chi connectivity index (χ4n) is 0.622. The number of hydrogen-bond acceptors (Lipinski definition) is 4. The molecule has 0 saturated heterocycles. The third kappa shape index (κ3) is 11.4. The zero-order valence-corrected chi connectivity index (χ0v) is 9.04. The third-order valence-corrected chi connectivity index (χ3v) is 1.18. The van der Waals surface area contributed by atoms with E-state index in [9.17, 15) is 9.59 Å². The number of primary amides is 1. The van der Waals surface area contributed by atoms with Gasteiger partial charge in [-0.2, -0.15) is 0 Å². The lowest BCUT2D eigenvalue weighted by Gasteiger charge is -2.01. The second-order valence-electron chi connectivity index (χ2n) is 2.33. The monoisotopic (exact) mass is 254 g/mol. The standard InChI is InChI=1S/C7H14N2O3.BrH/c8-4-3-7(11)12-5-1-2-6(9)10;/h1-5,8H2,(H2,9,10);1H. The van der Waals surface area contributed by atoms with Crippen LogP contribution in [0, 0.1) is 0 Å². The van der Waals surface area contributed by atoms with Gasteiger partial charge in [0.25, 0.3) is 0 Å². The average molecular weight is 255 g/mol. The van der Waals surface area contributed by atoms with Crippen LogP contribution in [-0.2, 0) is 14.3 Å². The van der Waals surface area contributed by atoms with Crippen LogP contribution in [0.3, 0.4) is 0 Å². The topological polar surface area (TPSA) is 95.4 Å². The first-order valence-corrected chi connectivity index (χ1v) is 3.81. The number of nitrogens with two attached hydrogens (primary N) is 2. The van der Waals surface area contributed by atoms with Gasteiger partial charge in [0, 0.05) is 13.0 Å². The Labute approximate surface area is 87.6 Å². The Morgan fingerprint density at radius 2 is 1.85 bits per heavy atom. The molecule has 5 nitrogen and oxygen atoms in total. The maximum absolute atomic E-state index is 10.7. The number of ether oxygens (including phenoxy) is 1. The van der Waals surface area contributed by atoms with Gasteiger partial charge in [0.15, 0.2) is 0 Å². The molecule has 0 radical (unpaired) electrons. The van der Waals surface area contributed by atoms with Crippen LogP contribution < -0.4 is 11.5 Å². The lowest BCUT2D eigenvalue weighted by Crippen LogP contribution is -2.14. The fourth-order valence-corrected chi connectivity index (χ4v) is 0.622. The van der Waals surface area contributed by atoms with Crippen LogP contribution >= 0.6 is 17.0 Å². The van der Waals surface area contributed by atoms with Crippen molar-refractivity contribution in [2.45, 2.75) is 19.3 Å². The Balaban J connectivity index is 0. The molecule has 0 rings (SSSR count).